The zero-order valence-electron chi connectivity index (χ0n) is 12.9. The Morgan fingerprint density at radius 1 is 1.36 bits per heavy atom. The maximum Gasteiger partial charge on any atom is 0.234 e. The highest BCUT2D eigenvalue weighted by Crippen LogP contribution is 2.18. The number of aromatic amines is 1. The molecule has 7 heteroatoms. The first-order chi connectivity index (χ1) is 10.6. The Morgan fingerprint density at radius 3 is 2.68 bits per heavy atom. The van der Waals surface area contributed by atoms with Crippen LogP contribution < -0.4 is 10.1 Å². The van der Waals surface area contributed by atoms with Crippen LogP contribution in [-0.4, -0.2) is 33.4 Å². The molecule has 0 bridgehead atoms. The van der Waals surface area contributed by atoms with Gasteiger partial charge in [-0.15, -0.1) is 5.10 Å². The van der Waals surface area contributed by atoms with Crippen molar-refractivity contribution in [3.05, 3.63) is 30.1 Å². The first kappa shape index (κ1) is 16.4. The summed E-state index contributed by atoms with van der Waals surface area (Å²) in [6.07, 6.45) is 0. The SMILES string of the molecule is CCOc1ccc(NC(=O)CSc2n[nH]c(C(C)C)n2)cc1. The average molecular weight is 320 g/mol. The van der Waals surface area contributed by atoms with E-state index in [2.05, 4.69) is 20.5 Å². The molecule has 0 fully saturated rings. The highest BCUT2D eigenvalue weighted by atomic mass is 32.2. The van der Waals surface area contributed by atoms with Gasteiger partial charge in [-0.2, -0.15) is 0 Å². The fourth-order valence-corrected chi connectivity index (χ4v) is 2.31. The molecule has 2 rings (SSSR count). The van der Waals surface area contributed by atoms with Crippen LogP contribution in [0.4, 0.5) is 5.69 Å². The smallest absolute Gasteiger partial charge is 0.234 e. The fraction of sp³-hybridized carbons (Fsp3) is 0.400. The molecule has 118 valence electrons. The molecular formula is C15H20N4O2S. The third-order valence-corrected chi connectivity index (χ3v) is 3.66. The molecule has 0 aliphatic heterocycles. The predicted molar refractivity (Wildman–Crippen MR) is 87.4 cm³/mol. The van der Waals surface area contributed by atoms with Gasteiger partial charge in [-0.3, -0.25) is 9.89 Å². The zero-order valence-corrected chi connectivity index (χ0v) is 13.7. The number of aromatic nitrogens is 3. The first-order valence-electron chi connectivity index (χ1n) is 7.16. The van der Waals surface area contributed by atoms with Crippen LogP contribution in [-0.2, 0) is 4.79 Å². The number of anilines is 1. The van der Waals surface area contributed by atoms with Gasteiger partial charge in [-0.25, -0.2) is 4.98 Å². The van der Waals surface area contributed by atoms with Crippen molar-refractivity contribution in [2.75, 3.05) is 17.7 Å². The predicted octanol–water partition coefficient (Wildman–Crippen LogP) is 3.06. The lowest BCUT2D eigenvalue weighted by Gasteiger charge is -2.06. The molecule has 0 aliphatic carbocycles. The number of benzene rings is 1. The third kappa shape index (κ3) is 4.77. The molecule has 0 saturated carbocycles. The topological polar surface area (TPSA) is 79.9 Å². The highest BCUT2D eigenvalue weighted by molar-refractivity contribution is 7.99. The Hall–Kier alpha value is -2.02. The minimum atomic E-state index is -0.0925. The van der Waals surface area contributed by atoms with Crippen molar-refractivity contribution in [1.29, 1.82) is 0 Å². The molecule has 2 aromatic rings. The van der Waals surface area contributed by atoms with Crippen molar-refractivity contribution in [1.82, 2.24) is 15.2 Å². The van der Waals surface area contributed by atoms with Gasteiger partial charge in [0.1, 0.15) is 11.6 Å². The summed E-state index contributed by atoms with van der Waals surface area (Å²) < 4.78 is 5.36. The summed E-state index contributed by atoms with van der Waals surface area (Å²) in [5.41, 5.74) is 0.743. The van der Waals surface area contributed by atoms with Crippen LogP contribution in [0.15, 0.2) is 29.4 Å². The van der Waals surface area contributed by atoms with Crippen molar-refractivity contribution in [3.63, 3.8) is 0 Å². The van der Waals surface area contributed by atoms with Crippen molar-refractivity contribution in [2.45, 2.75) is 31.8 Å². The molecule has 2 N–H and O–H groups in total. The number of carbonyl (C=O) groups excluding carboxylic acids is 1. The van der Waals surface area contributed by atoms with Gasteiger partial charge in [-0.1, -0.05) is 25.6 Å². The summed E-state index contributed by atoms with van der Waals surface area (Å²) in [7, 11) is 0. The number of nitrogens with one attached hydrogen (secondary N) is 2. The Labute approximate surface area is 134 Å². The van der Waals surface area contributed by atoms with Crippen molar-refractivity contribution in [3.8, 4) is 5.75 Å². The van der Waals surface area contributed by atoms with Gasteiger partial charge in [-0.05, 0) is 31.2 Å². The number of ether oxygens (including phenoxy) is 1. The summed E-state index contributed by atoms with van der Waals surface area (Å²) in [5, 5.41) is 10.4. The summed E-state index contributed by atoms with van der Waals surface area (Å²) in [5.74, 6) is 2.08. The molecule has 0 radical (unpaired) electrons. The highest BCUT2D eigenvalue weighted by Gasteiger charge is 2.09. The van der Waals surface area contributed by atoms with E-state index in [1.807, 2.05) is 45.0 Å². The van der Waals surface area contributed by atoms with E-state index >= 15 is 0 Å². The van der Waals surface area contributed by atoms with Crippen LogP contribution in [0, 0.1) is 0 Å². The Balaban J connectivity index is 1.81. The third-order valence-electron chi connectivity index (χ3n) is 2.81. The molecular weight excluding hydrogens is 300 g/mol. The lowest BCUT2D eigenvalue weighted by molar-refractivity contribution is -0.113. The second kappa shape index (κ2) is 7.84. The van der Waals surface area contributed by atoms with Gasteiger partial charge < -0.3 is 10.1 Å². The Kier molecular flexibility index (Phi) is 5.83. The van der Waals surface area contributed by atoms with E-state index in [9.17, 15) is 4.79 Å². The number of nitrogens with zero attached hydrogens (tertiary/aromatic N) is 2. The van der Waals surface area contributed by atoms with E-state index in [1.165, 1.54) is 11.8 Å². The van der Waals surface area contributed by atoms with Crippen LogP contribution in [0.1, 0.15) is 32.5 Å². The molecule has 0 saturated heterocycles. The number of H-pyrrole nitrogens is 1. The molecule has 0 aliphatic rings. The van der Waals surface area contributed by atoms with Gasteiger partial charge in [0, 0.05) is 11.6 Å². The van der Waals surface area contributed by atoms with Crippen molar-refractivity contribution >= 4 is 23.4 Å². The summed E-state index contributed by atoms with van der Waals surface area (Å²) in [4.78, 5) is 16.2. The molecule has 0 atom stereocenters. The maximum absolute atomic E-state index is 11.9. The Morgan fingerprint density at radius 2 is 2.09 bits per heavy atom. The van der Waals surface area contributed by atoms with Gasteiger partial charge in [0.15, 0.2) is 0 Å². The second-order valence-electron chi connectivity index (χ2n) is 4.95. The molecule has 1 heterocycles. The summed E-state index contributed by atoms with van der Waals surface area (Å²) >= 11 is 1.31. The van der Waals surface area contributed by atoms with Crippen molar-refractivity contribution in [2.24, 2.45) is 0 Å². The lowest BCUT2D eigenvalue weighted by atomic mass is 10.2. The lowest BCUT2D eigenvalue weighted by Crippen LogP contribution is -2.14. The summed E-state index contributed by atoms with van der Waals surface area (Å²) in [6.45, 7) is 6.62. The minimum absolute atomic E-state index is 0.0925. The van der Waals surface area contributed by atoms with E-state index in [-0.39, 0.29) is 11.7 Å². The molecule has 0 spiro atoms. The van der Waals surface area contributed by atoms with Crippen LogP contribution in [0.25, 0.3) is 0 Å². The fourth-order valence-electron chi connectivity index (χ4n) is 1.71. The number of thioether (sulfide) groups is 1. The Bertz CT molecular complexity index is 610. The minimum Gasteiger partial charge on any atom is -0.494 e. The number of hydrogen-bond donors (Lipinski definition) is 2. The van der Waals surface area contributed by atoms with Crippen LogP contribution in [0.3, 0.4) is 0 Å². The van der Waals surface area contributed by atoms with E-state index < -0.39 is 0 Å². The number of carbonyl (C=O) groups is 1. The second-order valence-corrected chi connectivity index (χ2v) is 5.89. The number of hydrogen-bond acceptors (Lipinski definition) is 5. The largest absolute Gasteiger partial charge is 0.494 e. The number of rotatable bonds is 7. The zero-order chi connectivity index (χ0) is 15.9. The van der Waals surface area contributed by atoms with Crippen LogP contribution >= 0.6 is 11.8 Å². The van der Waals surface area contributed by atoms with Gasteiger partial charge >= 0.3 is 0 Å². The van der Waals surface area contributed by atoms with Gasteiger partial charge in [0.05, 0.1) is 12.4 Å². The molecule has 22 heavy (non-hydrogen) atoms. The number of amides is 1. The van der Waals surface area contributed by atoms with Crippen LogP contribution in [0.2, 0.25) is 0 Å². The monoisotopic (exact) mass is 320 g/mol. The standard InChI is InChI=1S/C15H20N4O2S/c1-4-21-12-7-5-11(6-8-12)16-13(20)9-22-15-17-14(10(2)3)18-19-15/h5-8,10H,4,9H2,1-3H3,(H,16,20)(H,17,18,19). The molecule has 1 amide bonds. The van der Waals surface area contributed by atoms with E-state index in [0.717, 1.165) is 17.3 Å². The summed E-state index contributed by atoms with van der Waals surface area (Å²) in [6, 6.07) is 7.29. The van der Waals surface area contributed by atoms with Crippen molar-refractivity contribution < 1.29 is 9.53 Å². The van der Waals surface area contributed by atoms with Crippen LogP contribution in [0.5, 0.6) is 5.75 Å². The van der Waals surface area contributed by atoms with E-state index in [4.69, 9.17) is 4.74 Å². The quantitative estimate of drug-likeness (QED) is 0.766. The van der Waals surface area contributed by atoms with Gasteiger partial charge in [0.25, 0.3) is 0 Å². The average Bonchev–Trinajstić information content (AvgIpc) is 2.97. The molecule has 1 aromatic carbocycles. The normalized spacial score (nSPS) is 10.7. The van der Waals surface area contributed by atoms with E-state index in [1.54, 1.807) is 0 Å². The maximum atomic E-state index is 11.9. The van der Waals surface area contributed by atoms with Gasteiger partial charge in [0.2, 0.25) is 11.1 Å². The molecule has 0 unspecified atom stereocenters. The molecule has 6 nitrogen and oxygen atoms in total. The van der Waals surface area contributed by atoms with E-state index in [0.29, 0.717) is 17.7 Å². The first-order valence-corrected chi connectivity index (χ1v) is 8.15. The molecule has 1 aromatic heterocycles.